The van der Waals surface area contributed by atoms with Crippen molar-refractivity contribution in [2.75, 3.05) is 20.6 Å². The molecular weight excluding hydrogens is 252 g/mol. The summed E-state index contributed by atoms with van der Waals surface area (Å²) in [6, 6.07) is 7.14. The highest BCUT2D eigenvalue weighted by atomic mass is 16.3. The zero-order chi connectivity index (χ0) is 14.8. The molecule has 1 aliphatic carbocycles. The van der Waals surface area contributed by atoms with Crippen molar-refractivity contribution in [3.05, 3.63) is 35.4 Å². The molecule has 0 aromatic heterocycles. The molecule has 4 heteroatoms. The number of benzene rings is 1. The molecule has 2 rings (SSSR count). The third-order valence-electron chi connectivity index (χ3n) is 4.27. The lowest BCUT2D eigenvalue weighted by atomic mass is 9.71. The van der Waals surface area contributed by atoms with Gasteiger partial charge in [0, 0.05) is 18.0 Å². The zero-order valence-electron chi connectivity index (χ0n) is 12.3. The van der Waals surface area contributed by atoms with Crippen molar-refractivity contribution in [1.29, 1.82) is 0 Å². The van der Waals surface area contributed by atoms with Crippen molar-refractivity contribution in [3.63, 3.8) is 0 Å². The summed E-state index contributed by atoms with van der Waals surface area (Å²) in [5, 5.41) is 11.2. The molecule has 0 aliphatic heterocycles. The van der Waals surface area contributed by atoms with Crippen LogP contribution in [-0.2, 0) is 5.60 Å². The van der Waals surface area contributed by atoms with Gasteiger partial charge in [-0.25, -0.2) is 0 Å². The van der Waals surface area contributed by atoms with E-state index in [2.05, 4.69) is 4.90 Å². The van der Waals surface area contributed by atoms with E-state index in [9.17, 15) is 9.90 Å². The summed E-state index contributed by atoms with van der Waals surface area (Å²) in [5.74, 6) is -0.259. The normalized spacial score (nSPS) is 26.7. The molecule has 0 unspecified atom stereocenters. The van der Waals surface area contributed by atoms with Gasteiger partial charge in [-0.2, -0.15) is 0 Å². The Morgan fingerprint density at radius 1 is 1.45 bits per heavy atom. The van der Waals surface area contributed by atoms with E-state index in [0.29, 0.717) is 5.56 Å². The van der Waals surface area contributed by atoms with E-state index in [1.54, 1.807) is 18.2 Å². The summed E-state index contributed by atoms with van der Waals surface area (Å²) in [6.45, 7) is 0.845. The minimum Gasteiger partial charge on any atom is -0.385 e. The molecule has 0 radical (unpaired) electrons. The molecule has 1 aromatic rings. The first-order valence-electron chi connectivity index (χ1n) is 7.21. The molecule has 4 nitrogen and oxygen atoms in total. The molecule has 1 amide bonds. The number of primary amides is 1. The Hall–Kier alpha value is -1.39. The molecule has 0 saturated heterocycles. The summed E-state index contributed by atoms with van der Waals surface area (Å²) >= 11 is 0. The summed E-state index contributed by atoms with van der Waals surface area (Å²) < 4.78 is 0. The SMILES string of the molecule is CN(C)C[C@@H]1CCCC[C@@]1(O)c1cccc(C(N)=O)c1. The predicted octanol–water partition coefficient (Wildman–Crippen LogP) is 1.72. The predicted molar refractivity (Wildman–Crippen MR) is 79.4 cm³/mol. The van der Waals surface area contributed by atoms with E-state index in [4.69, 9.17) is 5.73 Å². The van der Waals surface area contributed by atoms with Crippen LogP contribution in [0.2, 0.25) is 0 Å². The Balaban J connectivity index is 2.34. The van der Waals surface area contributed by atoms with Gasteiger partial charge in [-0.3, -0.25) is 4.79 Å². The molecule has 1 aliphatic rings. The molecular formula is C16H24N2O2. The van der Waals surface area contributed by atoms with Crippen molar-refractivity contribution >= 4 is 5.91 Å². The van der Waals surface area contributed by atoms with Crippen LogP contribution in [0.15, 0.2) is 24.3 Å². The van der Waals surface area contributed by atoms with E-state index < -0.39 is 11.5 Å². The van der Waals surface area contributed by atoms with E-state index in [1.807, 2.05) is 20.2 Å². The summed E-state index contributed by atoms with van der Waals surface area (Å²) in [7, 11) is 4.05. The van der Waals surface area contributed by atoms with Gasteiger partial charge in [0.05, 0.1) is 5.60 Å². The smallest absolute Gasteiger partial charge is 0.248 e. The molecule has 2 atom stereocenters. The van der Waals surface area contributed by atoms with Crippen LogP contribution in [0, 0.1) is 5.92 Å². The van der Waals surface area contributed by atoms with Crippen LogP contribution in [0.5, 0.6) is 0 Å². The third-order valence-corrected chi connectivity index (χ3v) is 4.27. The first-order chi connectivity index (χ1) is 9.43. The number of aliphatic hydroxyl groups is 1. The minimum absolute atomic E-state index is 0.189. The lowest BCUT2D eigenvalue weighted by Gasteiger charge is -2.41. The molecule has 0 spiro atoms. The van der Waals surface area contributed by atoms with Crippen LogP contribution in [0.3, 0.4) is 0 Å². The van der Waals surface area contributed by atoms with Crippen molar-refractivity contribution < 1.29 is 9.90 Å². The maximum Gasteiger partial charge on any atom is 0.248 e. The van der Waals surface area contributed by atoms with Gasteiger partial charge in [0.1, 0.15) is 0 Å². The Labute approximate surface area is 120 Å². The number of hydrogen-bond acceptors (Lipinski definition) is 3. The lowest BCUT2D eigenvalue weighted by molar-refractivity contribution is -0.0618. The van der Waals surface area contributed by atoms with Crippen molar-refractivity contribution in [2.24, 2.45) is 11.7 Å². The van der Waals surface area contributed by atoms with Crippen LogP contribution in [-0.4, -0.2) is 36.6 Å². The first kappa shape index (κ1) is 15.0. The average Bonchev–Trinajstić information content (AvgIpc) is 2.41. The van der Waals surface area contributed by atoms with Gasteiger partial charge >= 0.3 is 0 Å². The van der Waals surface area contributed by atoms with Gasteiger partial charge in [-0.15, -0.1) is 0 Å². The Morgan fingerprint density at radius 3 is 2.85 bits per heavy atom. The third kappa shape index (κ3) is 3.02. The fourth-order valence-corrected chi connectivity index (χ4v) is 3.23. The molecule has 110 valence electrons. The van der Waals surface area contributed by atoms with Crippen molar-refractivity contribution in [2.45, 2.75) is 31.3 Å². The quantitative estimate of drug-likeness (QED) is 0.880. The molecule has 0 bridgehead atoms. The minimum atomic E-state index is -0.853. The van der Waals surface area contributed by atoms with Crippen LogP contribution < -0.4 is 5.73 Å². The Bertz CT molecular complexity index is 487. The summed E-state index contributed by atoms with van der Waals surface area (Å²) in [5.41, 5.74) is 5.77. The van der Waals surface area contributed by atoms with Crippen LogP contribution in [0.25, 0.3) is 0 Å². The van der Waals surface area contributed by atoms with Crippen molar-refractivity contribution in [1.82, 2.24) is 4.90 Å². The first-order valence-corrected chi connectivity index (χ1v) is 7.21. The lowest BCUT2D eigenvalue weighted by Crippen LogP contribution is -2.43. The molecule has 20 heavy (non-hydrogen) atoms. The number of nitrogens with two attached hydrogens (primary N) is 1. The van der Waals surface area contributed by atoms with Gasteiger partial charge in [0.25, 0.3) is 0 Å². The molecule has 1 aromatic carbocycles. The largest absolute Gasteiger partial charge is 0.385 e. The summed E-state index contributed by atoms with van der Waals surface area (Å²) in [4.78, 5) is 13.4. The second-order valence-electron chi connectivity index (χ2n) is 6.07. The Kier molecular flexibility index (Phi) is 4.45. The monoisotopic (exact) mass is 276 g/mol. The van der Waals surface area contributed by atoms with Gasteiger partial charge in [-0.1, -0.05) is 25.0 Å². The molecule has 1 fully saturated rings. The van der Waals surface area contributed by atoms with E-state index >= 15 is 0 Å². The maximum atomic E-state index is 11.3. The second kappa shape index (κ2) is 5.94. The fraction of sp³-hybridized carbons (Fsp3) is 0.562. The second-order valence-corrected chi connectivity index (χ2v) is 6.07. The highest BCUT2D eigenvalue weighted by Crippen LogP contribution is 2.42. The average molecular weight is 276 g/mol. The van der Waals surface area contributed by atoms with E-state index in [0.717, 1.165) is 37.8 Å². The molecule has 0 heterocycles. The highest BCUT2D eigenvalue weighted by Gasteiger charge is 2.40. The van der Waals surface area contributed by atoms with Gasteiger partial charge in [0.15, 0.2) is 0 Å². The highest BCUT2D eigenvalue weighted by molar-refractivity contribution is 5.92. The topological polar surface area (TPSA) is 66.6 Å². The number of carbonyl (C=O) groups is 1. The van der Waals surface area contributed by atoms with Gasteiger partial charge in [0.2, 0.25) is 5.91 Å². The van der Waals surface area contributed by atoms with Crippen molar-refractivity contribution in [3.8, 4) is 0 Å². The summed E-state index contributed by atoms with van der Waals surface area (Å²) in [6.07, 6.45) is 3.92. The Morgan fingerprint density at radius 2 is 2.20 bits per heavy atom. The number of rotatable bonds is 4. The molecule has 1 saturated carbocycles. The van der Waals surface area contributed by atoms with Gasteiger partial charge in [-0.05, 0) is 44.6 Å². The number of amides is 1. The fourth-order valence-electron chi connectivity index (χ4n) is 3.23. The number of carbonyl (C=O) groups excluding carboxylic acids is 1. The van der Waals surface area contributed by atoms with Crippen LogP contribution >= 0.6 is 0 Å². The molecule has 3 N–H and O–H groups in total. The van der Waals surface area contributed by atoms with Crippen LogP contribution in [0.4, 0.5) is 0 Å². The van der Waals surface area contributed by atoms with Gasteiger partial charge < -0.3 is 15.7 Å². The van der Waals surface area contributed by atoms with E-state index in [1.165, 1.54) is 0 Å². The maximum absolute atomic E-state index is 11.3. The van der Waals surface area contributed by atoms with Crippen LogP contribution in [0.1, 0.15) is 41.6 Å². The number of nitrogens with zero attached hydrogens (tertiary/aromatic N) is 1. The number of hydrogen-bond donors (Lipinski definition) is 2. The van der Waals surface area contributed by atoms with E-state index in [-0.39, 0.29) is 5.92 Å². The zero-order valence-corrected chi connectivity index (χ0v) is 12.3. The standard InChI is InChI=1S/C16H24N2O2/c1-18(2)11-14-7-3-4-9-16(14,20)13-8-5-6-12(10-13)15(17)19/h5-6,8,10,14,20H,3-4,7,9,11H2,1-2H3,(H2,17,19)/t14-,16+/m0/s1.